The number of hydrogen-bond donors (Lipinski definition) is 1. The average molecular weight is 205 g/mol. The molecule has 0 amide bonds. The summed E-state index contributed by atoms with van der Waals surface area (Å²) < 4.78 is 0. The lowest BCUT2D eigenvalue weighted by Gasteiger charge is -2.27. The highest BCUT2D eigenvalue weighted by atomic mass is 16.3. The van der Waals surface area contributed by atoms with Crippen molar-refractivity contribution in [1.29, 1.82) is 0 Å². The molecule has 1 aromatic rings. The molecule has 1 N–H and O–H groups in total. The van der Waals surface area contributed by atoms with E-state index in [9.17, 15) is 5.11 Å². The zero-order valence-electron chi connectivity index (χ0n) is 9.53. The van der Waals surface area contributed by atoms with Crippen LogP contribution in [0.15, 0.2) is 18.2 Å². The predicted octanol–water partition coefficient (Wildman–Crippen LogP) is 2.06. The summed E-state index contributed by atoms with van der Waals surface area (Å²) in [6.07, 6.45) is 3.55. The van der Waals surface area contributed by atoms with Gasteiger partial charge in [-0.1, -0.05) is 6.07 Å². The second kappa shape index (κ2) is 4.23. The third-order valence-corrected chi connectivity index (χ3v) is 3.14. The fourth-order valence-corrected chi connectivity index (χ4v) is 2.49. The van der Waals surface area contributed by atoms with Gasteiger partial charge in [-0.05, 0) is 62.5 Å². The molecule has 1 atom stereocenters. The van der Waals surface area contributed by atoms with Crippen molar-refractivity contribution in [3.05, 3.63) is 29.3 Å². The van der Waals surface area contributed by atoms with Gasteiger partial charge in [0.05, 0.1) is 0 Å². The van der Waals surface area contributed by atoms with Crippen LogP contribution in [0.25, 0.3) is 0 Å². The van der Waals surface area contributed by atoms with Crippen LogP contribution in [0.1, 0.15) is 17.5 Å². The minimum Gasteiger partial charge on any atom is -0.508 e. The van der Waals surface area contributed by atoms with Crippen LogP contribution in [-0.4, -0.2) is 30.6 Å². The monoisotopic (exact) mass is 205 g/mol. The highest BCUT2D eigenvalue weighted by Gasteiger charge is 2.19. The summed E-state index contributed by atoms with van der Waals surface area (Å²) >= 11 is 0. The maximum atomic E-state index is 9.45. The summed E-state index contributed by atoms with van der Waals surface area (Å²) in [5.41, 5.74) is 2.76. The molecule has 0 bridgehead atoms. The van der Waals surface area contributed by atoms with Crippen molar-refractivity contribution in [2.24, 2.45) is 5.92 Å². The summed E-state index contributed by atoms with van der Waals surface area (Å²) in [5, 5.41) is 9.45. The third-order valence-electron chi connectivity index (χ3n) is 3.14. The number of aromatic hydroxyl groups is 1. The minimum absolute atomic E-state index is 0.402. The van der Waals surface area contributed by atoms with Crippen LogP contribution in [0.5, 0.6) is 5.75 Å². The Bertz CT molecular complexity index is 346. The van der Waals surface area contributed by atoms with Crippen molar-refractivity contribution in [2.75, 3.05) is 20.6 Å². The highest BCUT2D eigenvalue weighted by Crippen LogP contribution is 2.28. The van der Waals surface area contributed by atoms with E-state index in [1.165, 1.54) is 17.5 Å². The zero-order chi connectivity index (χ0) is 10.8. The van der Waals surface area contributed by atoms with Gasteiger partial charge >= 0.3 is 0 Å². The second-order valence-corrected chi connectivity index (χ2v) is 4.82. The third kappa shape index (κ3) is 2.51. The van der Waals surface area contributed by atoms with Gasteiger partial charge in [0.1, 0.15) is 5.75 Å². The molecule has 2 heteroatoms. The highest BCUT2D eigenvalue weighted by molar-refractivity contribution is 5.36. The topological polar surface area (TPSA) is 23.5 Å². The van der Waals surface area contributed by atoms with Crippen LogP contribution in [-0.2, 0) is 12.8 Å². The molecule has 82 valence electrons. The van der Waals surface area contributed by atoms with E-state index in [-0.39, 0.29) is 0 Å². The predicted molar refractivity (Wildman–Crippen MR) is 62.2 cm³/mol. The van der Waals surface area contributed by atoms with Crippen LogP contribution in [0.2, 0.25) is 0 Å². The molecule has 0 heterocycles. The molecule has 1 aliphatic rings. The Morgan fingerprint density at radius 3 is 2.87 bits per heavy atom. The first kappa shape index (κ1) is 10.5. The van der Waals surface area contributed by atoms with Crippen LogP contribution in [0, 0.1) is 5.92 Å². The summed E-state index contributed by atoms with van der Waals surface area (Å²) in [6.45, 7) is 1.15. The lowest BCUT2D eigenvalue weighted by molar-refractivity contribution is 0.302. The van der Waals surface area contributed by atoms with E-state index in [0.717, 1.165) is 25.3 Å². The average Bonchev–Trinajstić information content (AvgIpc) is 2.16. The molecule has 2 nitrogen and oxygen atoms in total. The van der Waals surface area contributed by atoms with Crippen LogP contribution >= 0.6 is 0 Å². The number of phenolic OH excluding ortho intramolecular Hbond substituents is 1. The fraction of sp³-hybridized carbons (Fsp3) is 0.538. The molecular weight excluding hydrogens is 186 g/mol. The summed E-state index contributed by atoms with van der Waals surface area (Å²) in [6, 6.07) is 5.79. The summed E-state index contributed by atoms with van der Waals surface area (Å²) in [7, 11) is 4.25. The SMILES string of the molecule is CN(C)CC1CCc2ccc(O)cc2C1. The molecule has 0 spiro atoms. The van der Waals surface area contributed by atoms with Gasteiger partial charge in [0, 0.05) is 6.54 Å². The molecule has 0 fully saturated rings. The fourth-order valence-electron chi connectivity index (χ4n) is 2.49. The van der Waals surface area contributed by atoms with Gasteiger partial charge in [0.15, 0.2) is 0 Å². The summed E-state index contributed by atoms with van der Waals surface area (Å²) in [4.78, 5) is 2.25. The number of aryl methyl sites for hydroxylation is 1. The molecule has 0 aromatic heterocycles. The molecule has 0 radical (unpaired) electrons. The van der Waals surface area contributed by atoms with E-state index in [0.29, 0.717) is 5.75 Å². The maximum Gasteiger partial charge on any atom is 0.115 e. The quantitative estimate of drug-likeness (QED) is 0.799. The second-order valence-electron chi connectivity index (χ2n) is 4.82. The molecule has 1 aliphatic carbocycles. The van der Waals surface area contributed by atoms with Crippen molar-refractivity contribution in [2.45, 2.75) is 19.3 Å². The largest absolute Gasteiger partial charge is 0.508 e. The molecule has 1 aromatic carbocycles. The van der Waals surface area contributed by atoms with Crippen LogP contribution in [0.4, 0.5) is 0 Å². The van der Waals surface area contributed by atoms with Gasteiger partial charge < -0.3 is 10.0 Å². The first-order valence-electron chi connectivity index (χ1n) is 5.60. The maximum absolute atomic E-state index is 9.45. The van der Waals surface area contributed by atoms with Gasteiger partial charge in [-0.25, -0.2) is 0 Å². The molecule has 1 unspecified atom stereocenters. The first-order valence-corrected chi connectivity index (χ1v) is 5.60. The minimum atomic E-state index is 0.402. The molecule has 2 rings (SSSR count). The molecule has 15 heavy (non-hydrogen) atoms. The standard InChI is InChI=1S/C13H19NO/c1-14(2)9-10-3-4-11-5-6-13(15)8-12(11)7-10/h5-6,8,10,15H,3-4,7,9H2,1-2H3. The van der Waals surface area contributed by atoms with Gasteiger partial charge in [0.25, 0.3) is 0 Å². The van der Waals surface area contributed by atoms with E-state index in [1.807, 2.05) is 6.07 Å². The lowest BCUT2D eigenvalue weighted by atomic mass is 9.83. The molecular formula is C13H19NO. The Balaban J connectivity index is 2.11. The normalized spacial score (nSPS) is 20.3. The van der Waals surface area contributed by atoms with Crippen LogP contribution < -0.4 is 0 Å². The van der Waals surface area contributed by atoms with Crippen molar-refractivity contribution in [1.82, 2.24) is 4.90 Å². The van der Waals surface area contributed by atoms with E-state index < -0.39 is 0 Å². The molecule has 0 saturated heterocycles. The number of nitrogens with zero attached hydrogens (tertiary/aromatic N) is 1. The van der Waals surface area contributed by atoms with Crippen LogP contribution in [0.3, 0.4) is 0 Å². The number of hydrogen-bond acceptors (Lipinski definition) is 2. The Labute approximate surface area is 91.5 Å². The van der Waals surface area contributed by atoms with Gasteiger partial charge in [-0.3, -0.25) is 0 Å². The van der Waals surface area contributed by atoms with E-state index in [2.05, 4.69) is 25.1 Å². The van der Waals surface area contributed by atoms with E-state index in [4.69, 9.17) is 0 Å². The molecule has 0 saturated carbocycles. The number of fused-ring (bicyclic) bond motifs is 1. The van der Waals surface area contributed by atoms with E-state index >= 15 is 0 Å². The molecule has 0 aliphatic heterocycles. The van der Waals surface area contributed by atoms with Crippen molar-refractivity contribution >= 4 is 0 Å². The van der Waals surface area contributed by atoms with Gasteiger partial charge in [-0.2, -0.15) is 0 Å². The number of rotatable bonds is 2. The Kier molecular flexibility index (Phi) is 2.96. The smallest absolute Gasteiger partial charge is 0.115 e. The van der Waals surface area contributed by atoms with Crippen molar-refractivity contribution in [3.63, 3.8) is 0 Å². The van der Waals surface area contributed by atoms with Gasteiger partial charge in [-0.15, -0.1) is 0 Å². The van der Waals surface area contributed by atoms with Crippen molar-refractivity contribution < 1.29 is 5.11 Å². The van der Waals surface area contributed by atoms with Crippen molar-refractivity contribution in [3.8, 4) is 5.75 Å². The number of benzene rings is 1. The van der Waals surface area contributed by atoms with Gasteiger partial charge in [0.2, 0.25) is 0 Å². The zero-order valence-corrected chi connectivity index (χ0v) is 9.53. The Morgan fingerprint density at radius 1 is 1.33 bits per heavy atom. The summed E-state index contributed by atoms with van der Waals surface area (Å²) in [5.74, 6) is 1.15. The Morgan fingerprint density at radius 2 is 2.13 bits per heavy atom. The number of phenols is 1. The first-order chi connectivity index (χ1) is 7.15. The Hall–Kier alpha value is -1.02. The van der Waals surface area contributed by atoms with E-state index in [1.54, 1.807) is 6.07 Å². The lowest BCUT2D eigenvalue weighted by Crippen LogP contribution is -2.26.